The molecule has 1 fully saturated rings. The molecule has 0 bridgehead atoms. The van der Waals surface area contributed by atoms with E-state index in [1.54, 1.807) is 12.1 Å². The summed E-state index contributed by atoms with van der Waals surface area (Å²) in [5.74, 6) is 0.408. The van der Waals surface area contributed by atoms with E-state index in [0.717, 1.165) is 22.7 Å². The Kier molecular flexibility index (Phi) is 3.88. The van der Waals surface area contributed by atoms with Crippen molar-refractivity contribution in [2.24, 2.45) is 0 Å². The molecular weight excluding hydrogens is 340 g/mol. The van der Waals surface area contributed by atoms with E-state index in [1.165, 1.54) is 43.1 Å². The number of aromatic nitrogens is 2. The lowest BCUT2D eigenvalue weighted by Crippen LogP contribution is -2.08. The van der Waals surface area contributed by atoms with E-state index in [4.69, 9.17) is 4.74 Å². The molecule has 5 rings (SSSR count). The van der Waals surface area contributed by atoms with E-state index >= 15 is 0 Å². The first-order valence-corrected chi connectivity index (χ1v) is 9.71. The van der Waals surface area contributed by atoms with Gasteiger partial charge in [-0.2, -0.15) is 0 Å². The Bertz CT molecular complexity index is 1030. The Morgan fingerprint density at radius 1 is 1.19 bits per heavy atom. The minimum absolute atomic E-state index is 0.324. The van der Waals surface area contributed by atoms with Crippen molar-refractivity contribution in [1.29, 1.82) is 0 Å². The van der Waals surface area contributed by atoms with Crippen LogP contribution in [0, 0.1) is 0 Å². The zero-order valence-corrected chi connectivity index (χ0v) is 15.1. The van der Waals surface area contributed by atoms with Crippen molar-refractivity contribution in [2.75, 3.05) is 6.61 Å². The Hall–Kier alpha value is -2.82. The molecule has 5 nitrogen and oxygen atoms in total. The second kappa shape index (κ2) is 6.41. The predicted octanol–water partition coefficient (Wildman–Crippen LogP) is 4.84. The Labute approximate surface area is 157 Å². The van der Waals surface area contributed by atoms with Crippen LogP contribution in [-0.2, 0) is 6.54 Å². The van der Waals surface area contributed by atoms with Crippen molar-refractivity contribution in [3.63, 3.8) is 0 Å². The lowest BCUT2D eigenvalue weighted by molar-refractivity contribution is 0.0697. The second-order valence-electron chi connectivity index (χ2n) is 7.48. The van der Waals surface area contributed by atoms with Crippen LogP contribution >= 0.6 is 0 Å². The van der Waals surface area contributed by atoms with Crippen LogP contribution in [0.2, 0.25) is 0 Å². The van der Waals surface area contributed by atoms with Crippen LogP contribution in [0.4, 0.5) is 0 Å². The molecule has 0 saturated heterocycles. The molecule has 5 heteroatoms. The molecule has 1 aromatic carbocycles. The fourth-order valence-corrected chi connectivity index (χ4v) is 4.73. The molecule has 0 atom stereocenters. The van der Waals surface area contributed by atoms with Gasteiger partial charge in [-0.15, -0.1) is 0 Å². The van der Waals surface area contributed by atoms with E-state index in [0.29, 0.717) is 24.6 Å². The average molecular weight is 362 g/mol. The monoisotopic (exact) mass is 362 g/mol. The van der Waals surface area contributed by atoms with Gasteiger partial charge in [-0.05, 0) is 48.6 Å². The highest BCUT2D eigenvalue weighted by molar-refractivity contribution is 5.98. The van der Waals surface area contributed by atoms with E-state index in [-0.39, 0.29) is 0 Å². The molecular formula is C22H22N2O3. The number of rotatable bonds is 2. The molecule has 0 amide bonds. The normalized spacial score (nSPS) is 17.0. The number of aromatic carboxylic acids is 1. The van der Waals surface area contributed by atoms with Gasteiger partial charge in [0, 0.05) is 17.1 Å². The minimum Gasteiger partial charge on any atom is -0.489 e. The van der Waals surface area contributed by atoms with Gasteiger partial charge in [-0.25, -0.2) is 4.79 Å². The summed E-state index contributed by atoms with van der Waals surface area (Å²) in [6.07, 6.45) is 7.95. The van der Waals surface area contributed by atoms with Crippen LogP contribution in [0.3, 0.4) is 0 Å². The fourth-order valence-electron chi connectivity index (χ4n) is 4.73. The fraction of sp³-hybridized carbons (Fsp3) is 0.364. The Balaban J connectivity index is 1.84. The SMILES string of the molecule is O=C(O)c1ccc2c(C3CCCCC3)c3n(c2c1)CCOc1cccnc1-3. The molecule has 1 saturated carbocycles. The number of pyridine rings is 1. The number of carboxylic acids is 1. The first-order valence-electron chi connectivity index (χ1n) is 9.71. The minimum atomic E-state index is -0.893. The smallest absolute Gasteiger partial charge is 0.335 e. The van der Waals surface area contributed by atoms with Crippen molar-refractivity contribution in [3.8, 4) is 17.1 Å². The van der Waals surface area contributed by atoms with Gasteiger partial charge in [0.2, 0.25) is 0 Å². The Morgan fingerprint density at radius 3 is 2.85 bits per heavy atom. The largest absolute Gasteiger partial charge is 0.489 e. The molecule has 2 aromatic heterocycles. The molecule has 27 heavy (non-hydrogen) atoms. The van der Waals surface area contributed by atoms with Crippen LogP contribution in [0.15, 0.2) is 36.5 Å². The molecule has 0 spiro atoms. The zero-order chi connectivity index (χ0) is 18.4. The van der Waals surface area contributed by atoms with Gasteiger partial charge in [0.1, 0.15) is 18.1 Å². The topological polar surface area (TPSA) is 64.3 Å². The van der Waals surface area contributed by atoms with Crippen molar-refractivity contribution in [1.82, 2.24) is 9.55 Å². The summed E-state index contributed by atoms with van der Waals surface area (Å²) >= 11 is 0. The highest BCUT2D eigenvalue weighted by atomic mass is 16.5. The third kappa shape index (κ3) is 2.60. The highest BCUT2D eigenvalue weighted by Gasteiger charge is 2.30. The van der Waals surface area contributed by atoms with Gasteiger partial charge in [0.15, 0.2) is 0 Å². The molecule has 1 aliphatic heterocycles. The summed E-state index contributed by atoms with van der Waals surface area (Å²) < 4.78 is 8.19. The molecule has 1 N–H and O–H groups in total. The number of hydrogen-bond acceptors (Lipinski definition) is 3. The number of benzene rings is 1. The van der Waals surface area contributed by atoms with Crippen LogP contribution in [0.25, 0.3) is 22.3 Å². The molecule has 3 heterocycles. The lowest BCUT2D eigenvalue weighted by atomic mass is 9.82. The van der Waals surface area contributed by atoms with Gasteiger partial charge in [0.25, 0.3) is 0 Å². The maximum absolute atomic E-state index is 11.5. The number of fused-ring (bicyclic) bond motifs is 5. The molecule has 1 aliphatic carbocycles. The van der Waals surface area contributed by atoms with E-state index in [2.05, 4.69) is 9.55 Å². The van der Waals surface area contributed by atoms with Crippen LogP contribution in [0.1, 0.15) is 53.9 Å². The van der Waals surface area contributed by atoms with Gasteiger partial charge >= 0.3 is 5.97 Å². The molecule has 0 radical (unpaired) electrons. The summed E-state index contributed by atoms with van der Waals surface area (Å²) in [7, 11) is 0. The number of hydrogen-bond donors (Lipinski definition) is 1. The number of carboxylic acid groups (broad SMARTS) is 1. The zero-order valence-electron chi connectivity index (χ0n) is 15.1. The summed E-state index contributed by atoms with van der Waals surface area (Å²) in [5, 5.41) is 10.6. The van der Waals surface area contributed by atoms with Gasteiger partial charge in [-0.1, -0.05) is 25.3 Å². The van der Waals surface area contributed by atoms with Crippen LogP contribution in [0.5, 0.6) is 5.75 Å². The van der Waals surface area contributed by atoms with Crippen molar-refractivity contribution in [2.45, 2.75) is 44.6 Å². The predicted molar refractivity (Wildman–Crippen MR) is 103 cm³/mol. The summed E-state index contributed by atoms with van der Waals surface area (Å²) in [6, 6.07) is 9.41. The molecule has 0 unspecified atom stereocenters. The Morgan fingerprint density at radius 2 is 2.04 bits per heavy atom. The van der Waals surface area contributed by atoms with E-state index < -0.39 is 5.97 Å². The van der Waals surface area contributed by atoms with E-state index in [1.807, 2.05) is 24.4 Å². The van der Waals surface area contributed by atoms with Crippen LogP contribution in [-0.4, -0.2) is 27.2 Å². The summed E-state index contributed by atoms with van der Waals surface area (Å²) in [5.41, 5.74) is 4.63. The maximum atomic E-state index is 11.5. The number of ether oxygens (including phenoxy) is 1. The second-order valence-corrected chi connectivity index (χ2v) is 7.48. The van der Waals surface area contributed by atoms with Crippen LogP contribution < -0.4 is 4.74 Å². The van der Waals surface area contributed by atoms with Crippen molar-refractivity contribution >= 4 is 16.9 Å². The molecule has 3 aromatic rings. The maximum Gasteiger partial charge on any atom is 0.335 e. The first-order chi connectivity index (χ1) is 13.2. The third-order valence-corrected chi connectivity index (χ3v) is 5.93. The van der Waals surface area contributed by atoms with Crippen molar-refractivity contribution in [3.05, 3.63) is 47.7 Å². The number of carbonyl (C=O) groups is 1. The van der Waals surface area contributed by atoms with E-state index in [9.17, 15) is 9.90 Å². The number of nitrogens with zero attached hydrogens (tertiary/aromatic N) is 2. The van der Waals surface area contributed by atoms with Gasteiger partial charge in [0.05, 0.1) is 17.8 Å². The summed E-state index contributed by atoms with van der Waals surface area (Å²) in [4.78, 5) is 16.2. The van der Waals surface area contributed by atoms with Gasteiger partial charge < -0.3 is 14.4 Å². The lowest BCUT2D eigenvalue weighted by Gasteiger charge is -2.23. The molecule has 138 valence electrons. The molecule has 2 aliphatic rings. The summed E-state index contributed by atoms with van der Waals surface area (Å²) in [6.45, 7) is 1.24. The van der Waals surface area contributed by atoms with Crippen molar-refractivity contribution < 1.29 is 14.6 Å². The first kappa shape index (κ1) is 16.4. The quantitative estimate of drug-likeness (QED) is 0.708. The highest BCUT2D eigenvalue weighted by Crippen LogP contribution is 2.46. The standard InChI is InChI=1S/C22H22N2O3/c25-22(26)15-8-9-16-17(13-15)24-11-12-27-18-7-4-10-23-20(18)21(24)19(16)14-5-2-1-3-6-14/h4,7-10,13-14H,1-3,5-6,11-12H2,(H,25,26). The van der Waals surface area contributed by atoms with Gasteiger partial charge in [-0.3, -0.25) is 4.98 Å². The third-order valence-electron chi connectivity index (χ3n) is 5.93. The average Bonchev–Trinajstić information content (AvgIpc) is 2.90.